The van der Waals surface area contributed by atoms with Gasteiger partial charge in [0.25, 0.3) is 15.9 Å². The van der Waals surface area contributed by atoms with Crippen molar-refractivity contribution in [2.24, 2.45) is 5.92 Å². The number of sulfonamides is 1. The highest BCUT2D eigenvalue weighted by Gasteiger charge is 2.21. The Kier molecular flexibility index (Phi) is 6.64. The van der Waals surface area contributed by atoms with Crippen molar-refractivity contribution in [2.75, 3.05) is 24.5 Å². The summed E-state index contributed by atoms with van der Waals surface area (Å²) >= 11 is 0. The molecule has 2 N–H and O–H groups in total. The summed E-state index contributed by atoms with van der Waals surface area (Å²) in [6, 6.07) is 11.1. The van der Waals surface area contributed by atoms with E-state index in [1.54, 1.807) is 0 Å². The fourth-order valence-corrected chi connectivity index (χ4v) is 3.68. The first kappa shape index (κ1) is 20.3. The molecule has 0 radical (unpaired) electrons. The molecule has 1 amide bonds. The summed E-state index contributed by atoms with van der Waals surface area (Å²) in [5.74, 6) is -0.341. The van der Waals surface area contributed by atoms with Crippen LogP contribution < -0.4 is 10.0 Å². The minimum atomic E-state index is -4.02. The molecule has 28 heavy (non-hydrogen) atoms. The van der Waals surface area contributed by atoms with E-state index in [0.29, 0.717) is 25.5 Å². The van der Waals surface area contributed by atoms with Gasteiger partial charge in [-0.25, -0.2) is 12.8 Å². The van der Waals surface area contributed by atoms with Crippen LogP contribution in [0.5, 0.6) is 0 Å². The normalized spacial score (nSPS) is 13.9. The van der Waals surface area contributed by atoms with Crippen LogP contribution in [0.25, 0.3) is 0 Å². The Hall–Kier alpha value is -2.45. The number of para-hydroxylation sites is 1. The maximum atomic E-state index is 13.7. The number of hydrogen-bond acceptors (Lipinski definition) is 4. The highest BCUT2D eigenvalue weighted by molar-refractivity contribution is 7.92. The summed E-state index contributed by atoms with van der Waals surface area (Å²) in [6.07, 6.45) is 3.16. The van der Waals surface area contributed by atoms with Gasteiger partial charge < -0.3 is 10.1 Å². The molecule has 0 spiro atoms. The molecule has 6 nitrogen and oxygen atoms in total. The van der Waals surface area contributed by atoms with Crippen molar-refractivity contribution in [3.63, 3.8) is 0 Å². The molecule has 1 aliphatic rings. The van der Waals surface area contributed by atoms with Gasteiger partial charge in [-0.2, -0.15) is 0 Å². The van der Waals surface area contributed by atoms with Gasteiger partial charge in [0.15, 0.2) is 0 Å². The van der Waals surface area contributed by atoms with Crippen molar-refractivity contribution in [2.45, 2.75) is 24.2 Å². The fraction of sp³-hybridized carbons (Fsp3) is 0.350. The minimum absolute atomic E-state index is 0.115. The molecule has 1 aliphatic carbocycles. The molecule has 0 aromatic heterocycles. The summed E-state index contributed by atoms with van der Waals surface area (Å²) < 4.78 is 46.4. The van der Waals surface area contributed by atoms with Crippen LogP contribution >= 0.6 is 0 Å². The molecular weight excluding hydrogens is 383 g/mol. The van der Waals surface area contributed by atoms with Gasteiger partial charge in [-0.15, -0.1) is 0 Å². The van der Waals surface area contributed by atoms with Gasteiger partial charge in [0, 0.05) is 25.3 Å². The van der Waals surface area contributed by atoms with Gasteiger partial charge in [-0.05, 0) is 55.5 Å². The van der Waals surface area contributed by atoms with E-state index in [0.717, 1.165) is 12.7 Å². The lowest BCUT2D eigenvalue weighted by Crippen LogP contribution is -2.25. The van der Waals surface area contributed by atoms with Crippen LogP contribution in [0, 0.1) is 11.7 Å². The van der Waals surface area contributed by atoms with Crippen LogP contribution in [0.4, 0.5) is 10.1 Å². The first-order valence-electron chi connectivity index (χ1n) is 9.19. The Morgan fingerprint density at radius 1 is 1.14 bits per heavy atom. The molecule has 0 saturated heterocycles. The van der Waals surface area contributed by atoms with Crippen LogP contribution in [0.15, 0.2) is 53.4 Å². The molecule has 0 bridgehead atoms. The van der Waals surface area contributed by atoms with E-state index in [9.17, 15) is 17.6 Å². The van der Waals surface area contributed by atoms with E-state index in [-0.39, 0.29) is 22.1 Å². The van der Waals surface area contributed by atoms with E-state index < -0.39 is 15.8 Å². The second kappa shape index (κ2) is 9.16. The van der Waals surface area contributed by atoms with Gasteiger partial charge in [-0.3, -0.25) is 9.52 Å². The standard InChI is InChI=1S/C20H23FN2O4S/c21-18-7-1-2-8-19(18)23-28(25,26)17-6-3-5-16(13-17)20(24)22-11-4-12-27-14-15-9-10-15/h1-3,5-8,13,15,23H,4,9-12,14H2,(H,22,24). The zero-order valence-electron chi connectivity index (χ0n) is 15.4. The number of carbonyl (C=O) groups is 1. The van der Waals surface area contributed by atoms with Crippen LogP contribution in [0.2, 0.25) is 0 Å². The summed E-state index contributed by atoms with van der Waals surface area (Å²) in [7, 11) is -4.02. The average molecular weight is 406 g/mol. The third kappa shape index (κ3) is 5.77. The molecule has 150 valence electrons. The van der Waals surface area contributed by atoms with E-state index in [4.69, 9.17) is 4.74 Å². The Labute approximate surface area is 164 Å². The van der Waals surface area contributed by atoms with E-state index in [2.05, 4.69) is 10.0 Å². The molecule has 0 unspecified atom stereocenters. The topological polar surface area (TPSA) is 84.5 Å². The Morgan fingerprint density at radius 2 is 1.93 bits per heavy atom. The SMILES string of the molecule is O=C(NCCCOCC1CC1)c1cccc(S(=O)(=O)Nc2ccccc2F)c1. The summed E-state index contributed by atoms with van der Waals surface area (Å²) in [6.45, 7) is 1.80. The van der Waals surface area contributed by atoms with Crippen molar-refractivity contribution in [1.82, 2.24) is 5.32 Å². The smallest absolute Gasteiger partial charge is 0.262 e. The second-order valence-corrected chi connectivity index (χ2v) is 8.42. The lowest BCUT2D eigenvalue weighted by atomic mass is 10.2. The van der Waals surface area contributed by atoms with Crippen LogP contribution in [0.3, 0.4) is 0 Å². The van der Waals surface area contributed by atoms with Crippen LogP contribution in [-0.2, 0) is 14.8 Å². The molecule has 0 atom stereocenters. The summed E-state index contributed by atoms with van der Waals surface area (Å²) in [4.78, 5) is 12.1. The number of halogens is 1. The van der Waals surface area contributed by atoms with Crippen LogP contribution in [-0.4, -0.2) is 34.1 Å². The van der Waals surface area contributed by atoms with E-state index in [1.165, 1.54) is 55.3 Å². The number of carbonyl (C=O) groups excluding carboxylic acids is 1. The maximum absolute atomic E-state index is 13.7. The fourth-order valence-electron chi connectivity index (χ4n) is 2.56. The number of nitrogens with one attached hydrogen (secondary N) is 2. The first-order chi connectivity index (χ1) is 13.5. The predicted molar refractivity (Wildman–Crippen MR) is 104 cm³/mol. The Morgan fingerprint density at radius 3 is 2.68 bits per heavy atom. The van der Waals surface area contributed by atoms with Gasteiger partial charge >= 0.3 is 0 Å². The molecule has 0 heterocycles. The lowest BCUT2D eigenvalue weighted by molar-refractivity contribution is 0.0937. The Bertz CT molecular complexity index is 929. The zero-order chi connectivity index (χ0) is 20.0. The number of amides is 1. The number of benzene rings is 2. The van der Waals surface area contributed by atoms with Gasteiger partial charge in [0.2, 0.25) is 0 Å². The molecule has 3 rings (SSSR count). The highest BCUT2D eigenvalue weighted by Crippen LogP contribution is 2.28. The highest BCUT2D eigenvalue weighted by atomic mass is 32.2. The van der Waals surface area contributed by atoms with E-state index >= 15 is 0 Å². The monoisotopic (exact) mass is 406 g/mol. The van der Waals surface area contributed by atoms with Crippen molar-refractivity contribution >= 4 is 21.6 Å². The second-order valence-electron chi connectivity index (χ2n) is 6.74. The summed E-state index contributed by atoms with van der Waals surface area (Å²) in [5, 5.41) is 2.75. The molecule has 2 aromatic rings. The van der Waals surface area contributed by atoms with Gasteiger partial charge in [-0.1, -0.05) is 18.2 Å². The van der Waals surface area contributed by atoms with Gasteiger partial charge in [0.1, 0.15) is 5.82 Å². The number of anilines is 1. The quantitative estimate of drug-likeness (QED) is 0.594. The van der Waals surface area contributed by atoms with Crippen molar-refractivity contribution in [3.05, 3.63) is 59.9 Å². The minimum Gasteiger partial charge on any atom is -0.381 e. The molecular formula is C20H23FN2O4S. The van der Waals surface area contributed by atoms with Crippen molar-refractivity contribution in [3.8, 4) is 0 Å². The maximum Gasteiger partial charge on any atom is 0.262 e. The molecule has 1 saturated carbocycles. The van der Waals surface area contributed by atoms with Gasteiger partial charge in [0.05, 0.1) is 10.6 Å². The first-order valence-corrected chi connectivity index (χ1v) is 10.7. The third-order valence-electron chi connectivity index (χ3n) is 4.33. The largest absolute Gasteiger partial charge is 0.381 e. The van der Waals surface area contributed by atoms with Crippen LogP contribution in [0.1, 0.15) is 29.6 Å². The van der Waals surface area contributed by atoms with Crippen molar-refractivity contribution < 1.29 is 22.3 Å². The molecule has 8 heteroatoms. The number of rotatable bonds is 10. The van der Waals surface area contributed by atoms with E-state index in [1.807, 2.05) is 0 Å². The lowest BCUT2D eigenvalue weighted by Gasteiger charge is -2.10. The molecule has 1 fully saturated rings. The zero-order valence-corrected chi connectivity index (χ0v) is 16.2. The number of hydrogen-bond donors (Lipinski definition) is 2. The average Bonchev–Trinajstić information content (AvgIpc) is 3.50. The molecule has 0 aliphatic heterocycles. The predicted octanol–water partition coefficient (Wildman–Crippen LogP) is 3.17. The molecule has 2 aromatic carbocycles. The van der Waals surface area contributed by atoms with Crippen molar-refractivity contribution in [1.29, 1.82) is 0 Å². The summed E-state index contributed by atoms with van der Waals surface area (Å²) in [5.41, 5.74) is 0.0684. The third-order valence-corrected chi connectivity index (χ3v) is 5.69. The Balaban J connectivity index is 1.56. The number of ether oxygens (including phenoxy) is 1.